The molecule has 0 aliphatic heterocycles. The molecule has 0 radical (unpaired) electrons. The molecule has 1 nitrogen and oxygen atoms in total. The van der Waals surface area contributed by atoms with Crippen LogP contribution < -0.4 is 5.73 Å². The maximum Gasteiger partial charge on any atom is 0.162 e. The van der Waals surface area contributed by atoms with Crippen molar-refractivity contribution in [1.82, 2.24) is 0 Å². The maximum absolute atomic E-state index is 13.8. The quantitative estimate of drug-likeness (QED) is 0.891. The van der Waals surface area contributed by atoms with Crippen molar-refractivity contribution in [3.05, 3.63) is 70.8 Å². The zero-order valence-electron chi connectivity index (χ0n) is 11.2. The molecule has 1 aliphatic rings. The molecule has 2 aromatic rings. The van der Waals surface area contributed by atoms with Crippen molar-refractivity contribution >= 4 is 0 Å². The first-order chi connectivity index (χ1) is 9.57. The van der Waals surface area contributed by atoms with Crippen LogP contribution in [0.5, 0.6) is 0 Å². The Balaban J connectivity index is 1.86. The van der Waals surface area contributed by atoms with Gasteiger partial charge in [0, 0.05) is 5.54 Å². The van der Waals surface area contributed by atoms with Crippen LogP contribution in [0.3, 0.4) is 0 Å². The van der Waals surface area contributed by atoms with E-state index in [4.69, 9.17) is 5.73 Å². The molecule has 2 N–H and O–H groups in total. The largest absolute Gasteiger partial charge is 0.324 e. The van der Waals surface area contributed by atoms with Crippen LogP contribution in [0, 0.1) is 11.6 Å². The number of nitrogens with two attached hydrogens (primary N) is 1. The number of hydrogen-bond donors (Lipinski definition) is 1. The third kappa shape index (κ3) is 2.46. The number of aryl methyl sites for hydroxylation is 1. The summed E-state index contributed by atoms with van der Waals surface area (Å²) in [5.74, 6) is -1.57. The van der Waals surface area contributed by atoms with E-state index in [1.54, 1.807) is 6.07 Å². The van der Waals surface area contributed by atoms with Crippen LogP contribution in [0.15, 0.2) is 42.5 Å². The molecular formula is C17H17F2N. The molecule has 0 saturated carbocycles. The Labute approximate surface area is 117 Å². The summed E-state index contributed by atoms with van der Waals surface area (Å²) in [6, 6.07) is 12.5. The van der Waals surface area contributed by atoms with Crippen molar-refractivity contribution in [2.75, 3.05) is 0 Å². The molecule has 2 aromatic carbocycles. The predicted octanol–water partition coefficient (Wildman–Crippen LogP) is 3.39. The molecule has 20 heavy (non-hydrogen) atoms. The Morgan fingerprint density at radius 3 is 2.55 bits per heavy atom. The first-order valence-corrected chi connectivity index (χ1v) is 6.86. The van der Waals surface area contributed by atoms with Crippen molar-refractivity contribution < 1.29 is 8.78 Å². The van der Waals surface area contributed by atoms with Crippen LogP contribution in [0.25, 0.3) is 0 Å². The van der Waals surface area contributed by atoms with E-state index >= 15 is 0 Å². The van der Waals surface area contributed by atoms with Crippen molar-refractivity contribution in [2.45, 2.75) is 31.2 Å². The lowest BCUT2D eigenvalue weighted by Crippen LogP contribution is -2.47. The highest BCUT2D eigenvalue weighted by molar-refractivity contribution is 5.33. The lowest BCUT2D eigenvalue weighted by molar-refractivity contribution is 0.361. The zero-order valence-corrected chi connectivity index (χ0v) is 11.2. The average molecular weight is 273 g/mol. The Morgan fingerprint density at radius 2 is 1.75 bits per heavy atom. The maximum atomic E-state index is 13.8. The van der Waals surface area contributed by atoms with Crippen LogP contribution in [0.1, 0.15) is 23.1 Å². The SMILES string of the molecule is NC1(Cc2cccc(F)c2F)CCc2ccccc2C1. The van der Waals surface area contributed by atoms with Gasteiger partial charge >= 0.3 is 0 Å². The van der Waals surface area contributed by atoms with Gasteiger partial charge in [0.2, 0.25) is 0 Å². The van der Waals surface area contributed by atoms with Crippen LogP contribution in [-0.4, -0.2) is 5.54 Å². The second kappa shape index (κ2) is 4.98. The summed E-state index contributed by atoms with van der Waals surface area (Å²) in [7, 11) is 0. The molecule has 0 amide bonds. The number of rotatable bonds is 2. The summed E-state index contributed by atoms with van der Waals surface area (Å²) in [5.41, 5.74) is 8.84. The monoisotopic (exact) mass is 273 g/mol. The first kappa shape index (κ1) is 13.3. The number of hydrogen-bond acceptors (Lipinski definition) is 1. The standard InChI is InChI=1S/C17H17F2N/c18-15-7-3-6-14(16(15)19)11-17(20)9-8-12-4-1-2-5-13(12)10-17/h1-7H,8-11,20H2. The first-order valence-electron chi connectivity index (χ1n) is 6.86. The minimum absolute atomic E-state index is 0.366. The molecular weight excluding hydrogens is 256 g/mol. The van der Waals surface area contributed by atoms with Gasteiger partial charge in [0.15, 0.2) is 11.6 Å². The smallest absolute Gasteiger partial charge is 0.162 e. The molecule has 1 atom stereocenters. The molecule has 1 aliphatic carbocycles. The van der Waals surface area contributed by atoms with Gasteiger partial charge < -0.3 is 5.73 Å². The van der Waals surface area contributed by atoms with Crippen LogP contribution >= 0.6 is 0 Å². The van der Waals surface area contributed by atoms with E-state index < -0.39 is 17.2 Å². The van der Waals surface area contributed by atoms with Crippen molar-refractivity contribution in [3.8, 4) is 0 Å². The molecule has 1 unspecified atom stereocenters. The van der Waals surface area contributed by atoms with E-state index in [1.165, 1.54) is 17.2 Å². The third-order valence-corrected chi connectivity index (χ3v) is 4.13. The lowest BCUT2D eigenvalue weighted by Gasteiger charge is -2.35. The van der Waals surface area contributed by atoms with Crippen molar-refractivity contribution in [1.29, 1.82) is 0 Å². The van der Waals surface area contributed by atoms with Gasteiger partial charge in [-0.25, -0.2) is 8.78 Å². The molecule has 3 rings (SSSR count). The molecule has 0 heterocycles. The molecule has 0 saturated heterocycles. The highest BCUT2D eigenvalue weighted by Crippen LogP contribution is 2.30. The fourth-order valence-corrected chi connectivity index (χ4v) is 3.04. The van der Waals surface area contributed by atoms with Gasteiger partial charge in [0.25, 0.3) is 0 Å². The summed E-state index contributed by atoms with van der Waals surface area (Å²) >= 11 is 0. The Kier molecular flexibility index (Phi) is 3.30. The normalized spacial score (nSPS) is 21.6. The fourth-order valence-electron chi connectivity index (χ4n) is 3.04. The molecule has 0 fully saturated rings. The second-order valence-electron chi connectivity index (χ2n) is 5.70. The lowest BCUT2D eigenvalue weighted by atomic mass is 9.75. The van der Waals surface area contributed by atoms with E-state index in [1.807, 2.05) is 12.1 Å². The van der Waals surface area contributed by atoms with Gasteiger partial charge in [0.1, 0.15) is 0 Å². The second-order valence-corrected chi connectivity index (χ2v) is 5.70. The number of fused-ring (bicyclic) bond motifs is 1. The molecule has 3 heteroatoms. The third-order valence-electron chi connectivity index (χ3n) is 4.13. The molecule has 0 spiro atoms. The summed E-state index contributed by atoms with van der Waals surface area (Å²) < 4.78 is 27.1. The number of benzene rings is 2. The Hall–Kier alpha value is -1.74. The fraction of sp³-hybridized carbons (Fsp3) is 0.294. The Bertz CT molecular complexity index is 639. The Morgan fingerprint density at radius 1 is 1.00 bits per heavy atom. The van der Waals surface area contributed by atoms with Gasteiger partial charge in [-0.15, -0.1) is 0 Å². The minimum atomic E-state index is -0.803. The van der Waals surface area contributed by atoms with Crippen LogP contribution in [0.4, 0.5) is 8.78 Å². The summed E-state index contributed by atoms with van der Waals surface area (Å²) in [6.45, 7) is 0. The highest BCUT2D eigenvalue weighted by atomic mass is 19.2. The molecule has 0 bridgehead atoms. The van der Waals surface area contributed by atoms with Crippen molar-refractivity contribution in [2.24, 2.45) is 5.73 Å². The summed E-state index contributed by atoms with van der Waals surface area (Å²) in [5, 5.41) is 0. The van der Waals surface area contributed by atoms with Gasteiger partial charge in [-0.3, -0.25) is 0 Å². The molecule has 0 aromatic heterocycles. The van der Waals surface area contributed by atoms with Gasteiger partial charge in [0.05, 0.1) is 0 Å². The predicted molar refractivity (Wildman–Crippen MR) is 75.4 cm³/mol. The molecule has 104 valence electrons. The van der Waals surface area contributed by atoms with Crippen LogP contribution in [-0.2, 0) is 19.3 Å². The van der Waals surface area contributed by atoms with Crippen LogP contribution in [0.2, 0.25) is 0 Å². The topological polar surface area (TPSA) is 26.0 Å². The van der Waals surface area contributed by atoms with Gasteiger partial charge in [-0.1, -0.05) is 36.4 Å². The highest BCUT2D eigenvalue weighted by Gasteiger charge is 2.31. The zero-order chi connectivity index (χ0) is 14.2. The minimum Gasteiger partial charge on any atom is -0.324 e. The van der Waals surface area contributed by atoms with Gasteiger partial charge in [-0.05, 0) is 48.4 Å². The van der Waals surface area contributed by atoms with E-state index in [2.05, 4.69) is 12.1 Å². The summed E-state index contributed by atoms with van der Waals surface area (Å²) in [4.78, 5) is 0. The van der Waals surface area contributed by atoms with E-state index in [9.17, 15) is 8.78 Å². The summed E-state index contributed by atoms with van der Waals surface area (Å²) in [6.07, 6.45) is 2.76. The van der Waals surface area contributed by atoms with Crippen molar-refractivity contribution in [3.63, 3.8) is 0 Å². The number of halogens is 2. The average Bonchev–Trinajstić information content (AvgIpc) is 2.44. The van der Waals surface area contributed by atoms with E-state index in [0.29, 0.717) is 18.4 Å². The van der Waals surface area contributed by atoms with E-state index in [-0.39, 0.29) is 0 Å². The van der Waals surface area contributed by atoms with Gasteiger partial charge in [-0.2, -0.15) is 0 Å². The van der Waals surface area contributed by atoms with E-state index in [0.717, 1.165) is 18.9 Å².